The van der Waals surface area contributed by atoms with Crippen LogP contribution < -0.4 is 0 Å². The molecule has 0 radical (unpaired) electrons. The minimum atomic E-state index is 0.716. The molecule has 2 aromatic heterocycles. The summed E-state index contributed by atoms with van der Waals surface area (Å²) >= 11 is 0. The van der Waals surface area contributed by atoms with Crippen LogP contribution >= 0.6 is 0 Å². The van der Waals surface area contributed by atoms with Gasteiger partial charge in [-0.3, -0.25) is 0 Å². The Bertz CT molecular complexity index is 543. The van der Waals surface area contributed by atoms with Crippen LogP contribution in [-0.4, -0.2) is 34.1 Å². The van der Waals surface area contributed by atoms with Gasteiger partial charge in [0.1, 0.15) is 5.76 Å². The first kappa shape index (κ1) is 12.5. The van der Waals surface area contributed by atoms with Crippen LogP contribution in [0, 0.1) is 6.92 Å². The highest BCUT2D eigenvalue weighted by molar-refractivity contribution is 5.47. The molecule has 3 rings (SSSR count). The second kappa shape index (κ2) is 5.21. The smallest absolute Gasteiger partial charge is 0.176 e. The number of furan rings is 1. The standard InChI is InChI=1S/C15H21N3O/c1-12-5-6-14(19-12)15-16-8-11-18(15)10-7-13-4-3-9-17(13)2/h5-6,8,11,13H,3-4,7,9-10H2,1-2H3. The highest BCUT2D eigenvalue weighted by atomic mass is 16.3. The minimum absolute atomic E-state index is 0.716. The summed E-state index contributed by atoms with van der Waals surface area (Å²) in [6.45, 7) is 4.20. The van der Waals surface area contributed by atoms with E-state index in [0.29, 0.717) is 6.04 Å². The van der Waals surface area contributed by atoms with Crippen LogP contribution in [0.1, 0.15) is 25.0 Å². The molecule has 0 aromatic carbocycles. The lowest BCUT2D eigenvalue weighted by molar-refractivity contribution is 0.286. The summed E-state index contributed by atoms with van der Waals surface area (Å²) in [5.41, 5.74) is 0. The zero-order valence-corrected chi connectivity index (χ0v) is 11.7. The monoisotopic (exact) mass is 259 g/mol. The average Bonchev–Trinajstić information content (AvgIpc) is 3.07. The Labute approximate surface area is 114 Å². The van der Waals surface area contributed by atoms with Gasteiger partial charge in [0, 0.05) is 25.0 Å². The number of rotatable bonds is 4. The third-order valence-electron chi connectivity index (χ3n) is 4.05. The highest BCUT2D eigenvalue weighted by Gasteiger charge is 2.21. The maximum atomic E-state index is 5.67. The summed E-state index contributed by atoms with van der Waals surface area (Å²) in [4.78, 5) is 6.89. The summed E-state index contributed by atoms with van der Waals surface area (Å²) in [5.74, 6) is 2.73. The largest absolute Gasteiger partial charge is 0.458 e. The molecule has 0 saturated carbocycles. The van der Waals surface area contributed by atoms with Crippen LogP contribution in [0.15, 0.2) is 28.9 Å². The van der Waals surface area contributed by atoms with Gasteiger partial charge in [-0.05, 0) is 51.9 Å². The van der Waals surface area contributed by atoms with E-state index >= 15 is 0 Å². The van der Waals surface area contributed by atoms with Crippen LogP contribution in [0.2, 0.25) is 0 Å². The third kappa shape index (κ3) is 2.59. The molecule has 19 heavy (non-hydrogen) atoms. The number of likely N-dealkylation sites (tertiary alicyclic amines) is 1. The fraction of sp³-hybridized carbons (Fsp3) is 0.533. The molecule has 0 N–H and O–H groups in total. The number of aryl methyl sites for hydroxylation is 2. The van der Waals surface area contributed by atoms with E-state index in [9.17, 15) is 0 Å². The van der Waals surface area contributed by atoms with Crippen molar-refractivity contribution >= 4 is 0 Å². The van der Waals surface area contributed by atoms with Crippen LogP contribution in [0.3, 0.4) is 0 Å². The van der Waals surface area contributed by atoms with Crippen LogP contribution in [0.4, 0.5) is 0 Å². The molecule has 1 unspecified atom stereocenters. The quantitative estimate of drug-likeness (QED) is 0.846. The van der Waals surface area contributed by atoms with Crippen molar-refractivity contribution in [1.82, 2.24) is 14.5 Å². The predicted molar refractivity (Wildman–Crippen MR) is 74.9 cm³/mol. The molecule has 1 atom stereocenters. The zero-order valence-electron chi connectivity index (χ0n) is 11.7. The molecule has 0 aliphatic carbocycles. The second-order valence-electron chi connectivity index (χ2n) is 5.42. The molecule has 4 nitrogen and oxygen atoms in total. The van der Waals surface area contributed by atoms with E-state index in [1.165, 1.54) is 25.8 Å². The molecule has 1 aliphatic rings. The molecular formula is C15H21N3O. The van der Waals surface area contributed by atoms with Crippen molar-refractivity contribution in [3.63, 3.8) is 0 Å². The molecule has 1 fully saturated rings. The number of aromatic nitrogens is 2. The van der Waals surface area contributed by atoms with E-state index < -0.39 is 0 Å². The number of nitrogens with zero attached hydrogens (tertiary/aromatic N) is 3. The highest BCUT2D eigenvalue weighted by Crippen LogP contribution is 2.23. The molecule has 0 bridgehead atoms. The third-order valence-corrected chi connectivity index (χ3v) is 4.05. The minimum Gasteiger partial charge on any atom is -0.458 e. The first-order valence-corrected chi connectivity index (χ1v) is 7.02. The van der Waals surface area contributed by atoms with Gasteiger partial charge in [-0.1, -0.05) is 0 Å². The summed E-state index contributed by atoms with van der Waals surface area (Å²) in [6.07, 6.45) is 7.73. The van der Waals surface area contributed by atoms with Crippen LogP contribution in [0.5, 0.6) is 0 Å². The molecule has 0 amide bonds. The van der Waals surface area contributed by atoms with Crippen LogP contribution in [-0.2, 0) is 6.54 Å². The summed E-state index contributed by atoms with van der Waals surface area (Å²) < 4.78 is 7.87. The zero-order chi connectivity index (χ0) is 13.2. The van der Waals surface area contributed by atoms with E-state index in [1.54, 1.807) is 0 Å². The van der Waals surface area contributed by atoms with Gasteiger partial charge in [-0.25, -0.2) is 4.98 Å². The molecular weight excluding hydrogens is 238 g/mol. The fourth-order valence-corrected chi connectivity index (χ4v) is 2.90. The van der Waals surface area contributed by atoms with E-state index in [1.807, 2.05) is 31.5 Å². The van der Waals surface area contributed by atoms with Crippen molar-refractivity contribution in [2.24, 2.45) is 0 Å². The molecule has 1 aliphatic heterocycles. The van der Waals surface area contributed by atoms with E-state index in [4.69, 9.17) is 4.42 Å². The number of hydrogen-bond acceptors (Lipinski definition) is 3. The second-order valence-corrected chi connectivity index (χ2v) is 5.42. The molecule has 4 heteroatoms. The van der Waals surface area contributed by atoms with Gasteiger partial charge in [0.15, 0.2) is 11.6 Å². The van der Waals surface area contributed by atoms with E-state index in [-0.39, 0.29) is 0 Å². The van der Waals surface area contributed by atoms with E-state index in [0.717, 1.165) is 23.9 Å². The predicted octanol–water partition coefficient (Wildman–Crippen LogP) is 2.94. The lowest BCUT2D eigenvalue weighted by atomic mass is 10.1. The Morgan fingerprint density at radius 2 is 2.32 bits per heavy atom. The first-order chi connectivity index (χ1) is 9.24. The van der Waals surface area contributed by atoms with Crippen LogP contribution in [0.25, 0.3) is 11.6 Å². The van der Waals surface area contributed by atoms with Crippen molar-refractivity contribution in [3.05, 3.63) is 30.3 Å². The van der Waals surface area contributed by atoms with Crippen molar-refractivity contribution < 1.29 is 4.42 Å². The molecule has 0 spiro atoms. The van der Waals surface area contributed by atoms with Crippen molar-refractivity contribution in [3.8, 4) is 11.6 Å². The van der Waals surface area contributed by atoms with Gasteiger partial charge >= 0.3 is 0 Å². The molecule has 102 valence electrons. The van der Waals surface area contributed by atoms with Gasteiger partial charge in [0.05, 0.1) is 0 Å². The topological polar surface area (TPSA) is 34.2 Å². The molecule has 2 aromatic rings. The van der Waals surface area contributed by atoms with Crippen molar-refractivity contribution in [2.45, 2.75) is 38.8 Å². The fourth-order valence-electron chi connectivity index (χ4n) is 2.90. The maximum absolute atomic E-state index is 5.67. The number of hydrogen-bond donors (Lipinski definition) is 0. The molecule has 3 heterocycles. The van der Waals surface area contributed by atoms with Gasteiger partial charge in [0.25, 0.3) is 0 Å². The Kier molecular flexibility index (Phi) is 3.42. The lowest BCUT2D eigenvalue weighted by Crippen LogP contribution is -2.26. The average molecular weight is 259 g/mol. The summed E-state index contributed by atoms with van der Waals surface area (Å²) in [5, 5.41) is 0. The van der Waals surface area contributed by atoms with Crippen molar-refractivity contribution in [2.75, 3.05) is 13.6 Å². The Morgan fingerprint density at radius 1 is 1.42 bits per heavy atom. The summed E-state index contributed by atoms with van der Waals surface area (Å²) in [7, 11) is 2.22. The maximum Gasteiger partial charge on any atom is 0.176 e. The normalized spacial score (nSPS) is 20.2. The Morgan fingerprint density at radius 3 is 3.00 bits per heavy atom. The SMILES string of the molecule is Cc1ccc(-c2nccn2CCC2CCCN2C)o1. The first-order valence-electron chi connectivity index (χ1n) is 7.02. The van der Waals surface area contributed by atoms with Gasteiger partial charge < -0.3 is 13.9 Å². The Hall–Kier alpha value is -1.55. The number of imidazole rings is 1. The van der Waals surface area contributed by atoms with E-state index in [2.05, 4.69) is 21.5 Å². The Balaban J connectivity index is 1.70. The van der Waals surface area contributed by atoms with Gasteiger partial charge in [0.2, 0.25) is 0 Å². The molecule has 1 saturated heterocycles. The summed E-state index contributed by atoms with van der Waals surface area (Å²) in [6, 6.07) is 4.70. The van der Waals surface area contributed by atoms with Gasteiger partial charge in [-0.15, -0.1) is 0 Å². The lowest BCUT2D eigenvalue weighted by Gasteiger charge is -2.19. The van der Waals surface area contributed by atoms with Gasteiger partial charge in [-0.2, -0.15) is 0 Å². The van der Waals surface area contributed by atoms with Crippen molar-refractivity contribution in [1.29, 1.82) is 0 Å².